The molecule has 106 valence electrons. The molecule has 0 radical (unpaired) electrons. The van der Waals surface area contributed by atoms with E-state index in [2.05, 4.69) is 4.99 Å². The van der Waals surface area contributed by atoms with Gasteiger partial charge in [0.15, 0.2) is 5.57 Å². The summed E-state index contributed by atoms with van der Waals surface area (Å²) < 4.78 is 4.83. The molecular weight excluding hydrogens is 266 g/mol. The summed E-state index contributed by atoms with van der Waals surface area (Å²) in [5.41, 5.74) is 1.39. The van der Waals surface area contributed by atoms with Crippen LogP contribution in [0.1, 0.15) is 12.5 Å². The highest BCUT2D eigenvalue weighted by atomic mass is 16.5. The Kier molecular flexibility index (Phi) is 4.89. The second-order valence-corrected chi connectivity index (χ2v) is 4.31. The molecule has 0 aromatic heterocycles. The Labute approximate surface area is 123 Å². The molecule has 1 heterocycles. The lowest BCUT2D eigenvalue weighted by atomic mass is 10.2. The van der Waals surface area contributed by atoms with Crippen molar-refractivity contribution in [1.82, 2.24) is 4.90 Å². The third-order valence-corrected chi connectivity index (χ3v) is 2.82. The number of nitrogens with zero attached hydrogens (tertiary/aromatic N) is 3. The average Bonchev–Trinajstić information content (AvgIpc) is 2.51. The monoisotopic (exact) mass is 281 g/mol. The van der Waals surface area contributed by atoms with Crippen LogP contribution in [0.5, 0.6) is 0 Å². The van der Waals surface area contributed by atoms with Crippen molar-refractivity contribution in [3.05, 3.63) is 59.4 Å². The van der Waals surface area contributed by atoms with Gasteiger partial charge in [-0.15, -0.1) is 0 Å². The van der Waals surface area contributed by atoms with Gasteiger partial charge in [-0.3, -0.25) is 0 Å². The van der Waals surface area contributed by atoms with E-state index in [4.69, 9.17) is 10.00 Å². The van der Waals surface area contributed by atoms with Gasteiger partial charge in [-0.05, 0) is 18.6 Å². The highest BCUT2D eigenvalue weighted by Gasteiger charge is 2.16. The fourth-order valence-electron chi connectivity index (χ4n) is 1.83. The van der Waals surface area contributed by atoms with E-state index in [1.165, 1.54) is 0 Å². The molecule has 1 aliphatic heterocycles. The van der Waals surface area contributed by atoms with E-state index in [9.17, 15) is 4.79 Å². The van der Waals surface area contributed by atoms with Crippen molar-refractivity contribution >= 4 is 12.3 Å². The Hall–Kier alpha value is -2.87. The first-order chi connectivity index (χ1) is 10.2. The Bertz CT molecular complexity index is 623. The smallest absolute Gasteiger partial charge is 0.351 e. The number of allylic oxidation sites excluding steroid dienone is 1. The van der Waals surface area contributed by atoms with Crippen molar-refractivity contribution in [3.63, 3.8) is 0 Å². The zero-order chi connectivity index (χ0) is 15.1. The highest BCUT2D eigenvalue weighted by Crippen LogP contribution is 2.14. The van der Waals surface area contributed by atoms with Gasteiger partial charge >= 0.3 is 5.97 Å². The molecule has 0 fully saturated rings. The molecule has 2 rings (SSSR count). The van der Waals surface area contributed by atoms with Crippen LogP contribution in [0.4, 0.5) is 0 Å². The summed E-state index contributed by atoms with van der Waals surface area (Å²) in [6.07, 6.45) is 5.02. The summed E-state index contributed by atoms with van der Waals surface area (Å²) in [4.78, 5) is 17.6. The minimum atomic E-state index is -0.645. The SMILES string of the molecule is CCOC(=O)C(C#N)=C1C=CN(Cc2ccccc2)C=N1. The average molecular weight is 281 g/mol. The maximum absolute atomic E-state index is 11.6. The normalized spacial score (nSPS) is 15.5. The summed E-state index contributed by atoms with van der Waals surface area (Å²) in [5, 5.41) is 9.05. The second-order valence-electron chi connectivity index (χ2n) is 4.31. The van der Waals surface area contributed by atoms with Crippen molar-refractivity contribution in [2.45, 2.75) is 13.5 Å². The van der Waals surface area contributed by atoms with Crippen LogP contribution in [-0.2, 0) is 16.1 Å². The van der Waals surface area contributed by atoms with Crippen molar-refractivity contribution in [2.75, 3.05) is 6.61 Å². The molecule has 21 heavy (non-hydrogen) atoms. The largest absolute Gasteiger partial charge is 0.462 e. The molecule has 5 heteroatoms. The number of ether oxygens (including phenoxy) is 1. The van der Waals surface area contributed by atoms with Crippen molar-refractivity contribution in [2.24, 2.45) is 4.99 Å². The number of hydrogen-bond acceptors (Lipinski definition) is 5. The van der Waals surface area contributed by atoms with Crippen LogP contribution in [0, 0.1) is 11.3 Å². The van der Waals surface area contributed by atoms with E-state index in [1.54, 1.807) is 25.5 Å². The lowest BCUT2D eigenvalue weighted by Gasteiger charge is -2.18. The maximum Gasteiger partial charge on any atom is 0.351 e. The van der Waals surface area contributed by atoms with Gasteiger partial charge in [-0.25, -0.2) is 9.79 Å². The van der Waals surface area contributed by atoms with Crippen molar-refractivity contribution in [3.8, 4) is 6.07 Å². The molecule has 0 unspecified atom stereocenters. The number of hydrogen-bond donors (Lipinski definition) is 0. The fourth-order valence-corrected chi connectivity index (χ4v) is 1.83. The predicted molar refractivity (Wildman–Crippen MR) is 78.9 cm³/mol. The van der Waals surface area contributed by atoms with E-state index in [1.807, 2.05) is 41.3 Å². The van der Waals surface area contributed by atoms with Gasteiger partial charge in [-0.2, -0.15) is 5.26 Å². The molecule has 0 saturated heterocycles. The Morgan fingerprint density at radius 1 is 1.38 bits per heavy atom. The van der Waals surface area contributed by atoms with Crippen LogP contribution < -0.4 is 0 Å². The summed E-state index contributed by atoms with van der Waals surface area (Å²) >= 11 is 0. The highest BCUT2D eigenvalue weighted by molar-refractivity contribution is 5.94. The number of carbonyl (C=O) groups is 1. The second kappa shape index (κ2) is 7.06. The number of esters is 1. The molecule has 5 nitrogen and oxygen atoms in total. The quantitative estimate of drug-likeness (QED) is 0.483. The molecule has 0 bridgehead atoms. The predicted octanol–water partition coefficient (Wildman–Crippen LogP) is 2.38. The molecule has 0 saturated carbocycles. The molecule has 1 aromatic carbocycles. The molecule has 0 aliphatic carbocycles. The number of aliphatic imine (C=N–C) groups is 1. The minimum Gasteiger partial charge on any atom is -0.462 e. The molecule has 1 aliphatic rings. The lowest BCUT2D eigenvalue weighted by Crippen LogP contribution is -2.18. The molecule has 0 spiro atoms. The molecule has 0 atom stereocenters. The summed E-state index contributed by atoms with van der Waals surface area (Å²) in [6, 6.07) is 11.8. The van der Waals surface area contributed by atoms with Crippen LogP contribution in [-0.4, -0.2) is 23.8 Å². The summed E-state index contributed by atoms with van der Waals surface area (Å²) in [5.74, 6) is -0.645. The molecule has 0 amide bonds. The Morgan fingerprint density at radius 3 is 2.71 bits per heavy atom. The molecule has 0 N–H and O–H groups in total. The van der Waals surface area contributed by atoms with Crippen LogP contribution in [0.2, 0.25) is 0 Å². The standard InChI is InChI=1S/C16H15N3O2/c1-2-21-16(20)14(10-17)15-8-9-19(12-18-15)11-13-6-4-3-5-7-13/h3-9,12H,2,11H2,1H3. The molecule has 1 aromatic rings. The van der Waals surface area contributed by atoms with Gasteiger partial charge in [0.2, 0.25) is 0 Å². The number of benzene rings is 1. The number of rotatable bonds is 4. The van der Waals surface area contributed by atoms with Gasteiger partial charge in [-0.1, -0.05) is 30.3 Å². The fraction of sp³-hybridized carbons (Fsp3) is 0.188. The van der Waals surface area contributed by atoms with Crippen LogP contribution >= 0.6 is 0 Å². The van der Waals surface area contributed by atoms with Gasteiger partial charge < -0.3 is 9.64 Å². The first-order valence-electron chi connectivity index (χ1n) is 6.58. The van der Waals surface area contributed by atoms with E-state index in [-0.39, 0.29) is 12.2 Å². The van der Waals surface area contributed by atoms with Gasteiger partial charge in [0, 0.05) is 12.7 Å². The van der Waals surface area contributed by atoms with E-state index in [0.717, 1.165) is 5.56 Å². The topological polar surface area (TPSA) is 65.7 Å². The van der Waals surface area contributed by atoms with E-state index in [0.29, 0.717) is 12.2 Å². The van der Waals surface area contributed by atoms with E-state index < -0.39 is 5.97 Å². The number of nitriles is 1. The maximum atomic E-state index is 11.6. The van der Waals surface area contributed by atoms with Crippen molar-refractivity contribution in [1.29, 1.82) is 5.26 Å². The first-order valence-corrected chi connectivity index (χ1v) is 6.58. The van der Waals surface area contributed by atoms with Gasteiger partial charge in [0.1, 0.15) is 6.07 Å². The molecular formula is C16H15N3O2. The zero-order valence-electron chi connectivity index (χ0n) is 11.7. The Morgan fingerprint density at radius 2 is 2.14 bits per heavy atom. The zero-order valence-corrected chi connectivity index (χ0v) is 11.7. The van der Waals surface area contributed by atoms with Crippen LogP contribution in [0.15, 0.2) is 58.9 Å². The van der Waals surface area contributed by atoms with Gasteiger partial charge in [0.25, 0.3) is 0 Å². The van der Waals surface area contributed by atoms with Crippen LogP contribution in [0.3, 0.4) is 0 Å². The number of carbonyl (C=O) groups excluding carboxylic acids is 1. The van der Waals surface area contributed by atoms with Gasteiger partial charge in [0.05, 0.1) is 18.6 Å². The summed E-state index contributed by atoms with van der Waals surface area (Å²) in [6.45, 7) is 2.60. The van der Waals surface area contributed by atoms with Crippen molar-refractivity contribution < 1.29 is 9.53 Å². The minimum absolute atomic E-state index is 0.0799. The Balaban J connectivity index is 2.10. The third kappa shape index (κ3) is 3.80. The first kappa shape index (κ1) is 14.5. The van der Waals surface area contributed by atoms with Crippen LogP contribution in [0.25, 0.3) is 0 Å². The summed E-state index contributed by atoms with van der Waals surface area (Å²) in [7, 11) is 0. The van der Waals surface area contributed by atoms with E-state index >= 15 is 0 Å². The lowest BCUT2D eigenvalue weighted by molar-refractivity contribution is -0.138. The third-order valence-electron chi connectivity index (χ3n) is 2.82.